The van der Waals surface area contributed by atoms with Crippen LogP contribution in [0.1, 0.15) is 0 Å². The number of allylic oxidation sites excluding steroid dienone is 4. The van der Waals surface area contributed by atoms with E-state index in [-0.39, 0.29) is 0 Å². The molecule has 0 saturated carbocycles. The van der Waals surface area contributed by atoms with Crippen molar-refractivity contribution in [2.75, 3.05) is 0 Å². The molecule has 1 rings (SSSR count). The zero-order chi connectivity index (χ0) is 9.30. The summed E-state index contributed by atoms with van der Waals surface area (Å²) in [5.41, 5.74) is -1.99. The lowest BCUT2D eigenvalue weighted by Crippen LogP contribution is -2.22. The van der Waals surface area contributed by atoms with Gasteiger partial charge in [0.1, 0.15) is 5.71 Å². The number of nitro groups is 1. The summed E-state index contributed by atoms with van der Waals surface area (Å²) < 4.78 is 12.5. The van der Waals surface area contributed by atoms with Crippen LogP contribution in [0.15, 0.2) is 23.7 Å². The fraction of sp³-hybridized carbons (Fsp3) is 0. The number of hydrogen-bond acceptors (Lipinski definition) is 4. The van der Waals surface area contributed by atoms with E-state index in [1.165, 1.54) is 0 Å². The van der Waals surface area contributed by atoms with E-state index in [1.807, 2.05) is 0 Å². The van der Waals surface area contributed by atoms with Gasteiger partial charge in [0.15, 0.2) is 11.5 Å². The summed E-state index contributed by atoms with van der Waals surface area (Å²) in [5, 5.41) is 24.1. The summed E-state index contributed by atoms with van der Waals surface area (Å²) in [4.78, 5) is 9.35. The van der Waals surface area contributed by atoms with Crippen LogP contribution in [0, 0.1) is 20.9 Å². The second kappa shape index (κ2) is 2.65. The fourth-order valence-electron chi connectivity index (χ4n) is 0.718. The second-order valence-electron chi connectivity index (χ2n) is 2.07. The Morgan fingerprint density at radius 2 is 1.92 bits per heavy atom. The second-order valence-corrected chi connectivity index (χ2v) is 2.07. The first kappa shape index (κ1) is 8.25. The molecule has 0 spiro atoms. The first-order valence-corrected chi connectivity index (χ1v) is 2.94. The van der Waals surface area contributed by atoms with Gasteiger partial charge in [0.05, 0.1) is 4.92 Å². The van der Waals surface area contributed by atoms with Crippen LogP contribution in [-0.2, 0) is 0 Å². The SMILES string of the molecule is N=C1C(=N)C([N+](=O)[O-])=CC=C1F. The van der Waals surface area contributed by atoms with Crippen LogP contribution in [0.5, 0.6) is 0 Å². The van der Waals surface area contributed by atoms with E-state index in [2.05, 4.69) is 0 Å². The molecular formula is C6H4FN3O2. The van der Waals surface area contributed by atoms with Crippen LogP contribution in [0.3, 0.4) is 0 Å². The molecule has 1 aliphatic rings. The molecule has 0 amide bonds. The molecule has 6 heteroatoms. The topological polar surface area (TPSA) is 90.8 Å². The predicted molar refractivity (Wildman–Crippen MR) is 39.7 cm³/mol. The van der Waals surface area contributed by atoms with Gasteiger partial charge in [-0.25, -0.2) is 4.39 Å². The molecular weight excluding hydrogens is 165 g/mol. The highest BCUT2D eigenvalue weighted by molar-refractivity contribution is 6.51. The standard InChI is InChI=1S/C6H4FN3O2/c7-3-1-2-4(10(11)12)6(9)5(3)8/h1-2,8-9H. The van der Waals surface area contributed by atoms with Gasteiger partial charge in [0, 0.05) is 6.08 Å². The van der Waals surface area contributed by atoms with Crippen molar-refractivity contribution in [1.29, 1.82) is 10.8 Å². The highest BCUT2D eigenvalue weighted by Crippen LogP contribution is 2.13. The van der Waals surface area contributed by atoms with Crippen molar-refractivity contribution in [1.82, 2.24) is 0 Å². The van der Waals surface area contributed by atoms with Crippen molar-refractivity contribution in [3.8, 4) is 0 Å². The van der Waals surface area contributed by atoms with Gasteiger partial charge in [-0.15, -0.1) is 0 Å². The minimum atomic E-state index is -0.925. The summed E-state index contributed by atoms with van der Waals surface area (Å²) in [6.07, 6.45) is 1.67. The van der Waals surface area contributed by atoms with Gasteiger partial charge in [-0.05, 0) is 6.08 Å². The maximum absolute atomic E-state index is 12.5. The molecule has 0 aliphatic heterocycles. The minimum Gasteiger partial charge on any atom is -0.296 e. The van der Waals surface area contributed by atoms with Crippen molar-refractivity contribution >= 4 is 11.4 Å². The van der Waals surface area contributed by atoms with Crippen LogP contribution >= 0.6 is 0 Å². The van der Waals surface area contributed by atoms with E-state index in [0.29, 0.717) is 0 Å². The summed E-state index contributed by atoms with van der Waals surface area (Å²) in [7, 11) is 0. The largest absolute Gasteiger partial charge is 0.296 e. The number of rotatable bonds is 1. The molecule has 0 aromatic carbocycles. The monoisotopic (exact) mass is 169 g/mol. The number of halogens is 1. The van der Waals surface area contributed by atoms with Gasteiger partial charge in [-0.3, -0.25) is 20.9 Å². The Labute approximate surface area is 66.4 Å². The first-order valence-electron chi connectivity index (χ1n) is 2.94. The molecule has 0 aromatic heterocycles. The Morgan fingerprint density at radius 3 is 2.42 bits per heavy atom. The van der Waals surface area contributed by atoms with Gasteiger partial charge in [0.25, 0.3) is 5.70 Å². The molecule has 0 radical (unpaired) electrons. The highest BCUT2D eigenvalue weighted by atomic mass is 19.1. The van der Waals surface area contributed by atoms with Crippen molar-refractivity contribution < 1.29 is 9.31 Å². The highest BCUT2D eigenvalue weighted by Gasteiger charge is 2.26. The van der Waals surface area contributed by atoms with Gasteiger partial charge in [-0.1, -0.05) is 0 Å². The summed E-state index contributed by atoms with van der Waals surface area (Å²) in [6, 6.07) is 0. The zero-order valence-corrected chi connectivity index (χ0v) is 5.80. The lowest BCUT2D eigenvalue weighted by molar-refractivity contribution is -0.414. The van der Waals surface area contributed by atoms with E-state index in [1.54, 1.807) is 0 Å². The van der Waals surface area contributed by atoms with E-state index in [0.717, 1.165) is 12.2 Å². The summed E-state index contributed by atoms with van der Waals surface area (Å²) in [5.74, 6) is -0.925. The van der Waals surface area contributed by atoms with E-state index in [9.17, 15) is 14.5 Å². The molecule has 62 valence electrons. The minimum absolute atomic E-state index is 0.554. The molecule has 0 atom stereocenters. The van der Waals surface area contributed by atoms with Gasteiger partial charge >= 0.3 is 0 Å². The number of nitrogens with zero attached hydrogens (tertiary/aromatic N) is 1. The van der Waals surface area contributed by atoms with E-state index >= 15 is 0 Å². The van der Waals surface area contributed by atoms with Crippen LogP contribution in [0.25, 0.3) is 0 Å². The Bertz CT molecular complexity index is 343. The predicted octanol–water partition coefficient (Wildman–Crippen LogP) is 1.05. The van der Waals surface area contributed by atoms with Crippen LogP contribution < -0.4 is 0 Å². The molecule has 12 heavy (non-hydrogen) atoms. The average molecular weight is 169 g/mol. The summed E-state index contributed by atoms with van der Waals surface area (Å²) >= 11 is 0. The van der Waals surface area contributed by atoms with Crippen LogP contribution in [0.4, 0.5) is 4.39 Å². The quantitative estimate of drug-likeness (QED) is 0.349. The van der Waals surface area contributed by atoms with Crippen molar-refractivity contribution in [2.24, 2.45) is 0 Å². The lowest BCUT2D eigenvalue weighted by Gasteiger charge is -2.04. The third kappa shape index (κ3) is 1.14. The van der Waals surface area contributed by atoms with Gasteiger partial charge in [0.2, 0.25) is 0 Å². The molecule has 0 heterocycles. The molecule has 1 aliphatic carbocycles. The zero-order valence-electron chi connectivity index (χ0n) is 5.80. The average Bonchev–Trinajstić information content (AvgIpc) is 2.00. The van der Waals surface area contributed by atoms with Gasteiger partial charge in [-0.2, -0.15) is 0 Å². The Kier molecular flexibility index (Phi) is 1.82. The van der Waals surface area contributed by atoms with Crippen molar-refractivity contribution in [2.45, 2.75) is 0 Å². The van der Waals surface area contributed by atoms with Gasteiger partial charge < -0.3 is 0 Å². The molecule has 0 fully saturated rings. The normalized spacial score (nSPS) is 17.1. The number of nitrogens with one attached hydrogen (secondary N) is 2. The van der Waals surface area contributed by atoms with Crippen LogP contribution in [-0.4, -0.2) is 16.3 Å². The third-order valence-electron chi connectivity index (χ3n) is 1.33. The molecule has 5 nitrogen and oxygen atoms in total. The maximum Gasteiger partial charge on any atom is 0.296 e. The fourth-order valence-corrected chi connectivity index (χ4v) is 0.718. The molecule has 0 unspecified atom stereocenters. The van der Waals surface area contributed by atoms with Crippen molar-refractivity contribution in [3.63, 3.8) is 0 Å². The van der Waals surface area contributed by atoms with Crippen LogP contribution in [0.2, 0.25) is 0 Å². The first-order chi connectivity index (χ1) is 5.54. The maximum atomic E-state index is 12.5. The molecule has 0 bridgehead atoms. The smallest absolute Gasteiger partial charge is 0.296 e. The third-order valence-corrected chi connectivity index (χ3v) is 1.33. The molecule has 0 saturated heterocycles. The van der Waals surface area contributed by atoms with Crippen molar-refractivity contribution in [3.05, 3.63) is 33.8 Å². The number of hydrogen-bond donors (Lipinski definition) is 2. The Morgan fingerprint density at radius 1 is 1.33 bits per heavy atom. The molecule has 2 N–H and O–H groups in total. The Hall–Kier alpha value is -1.85. The molecule has 0 aromatic rings. The summed E-state index contributed by atoms with van der Waals surface area (Å²) in [6.45, 7) is 0. The van der Waals surface area contributed by atoms with E-state index in [4.69, 9.17) is 10.8 Å². The lowest BCUT2D eigenvalue weighted by atomic mass is 10.1. The Balaban J connectivity index is 3.15. The van der Waals surface area contributed by atoms with E-state index < -0.39 is 27.9 Å².